The van der Waals surface area contributed by atoms with Crippen LogP contribution in [0.4, 0.5) is 11.5 Å². The molecule has 4 aromatic rings. The fourth-order valence-corrected chi connectivity index (χ4v) is 2.99. The summed E-state index contributed by atoms with van der Waals surface area (Å²) in [6, 6.07) is 20.7. The van der Waals surface area contributed by atoms with Gasteiger partial charge in [-0.1, -0.05) is 24.3 Å². The molecule has 0 saturated heterocycles. The van der Waals surface area contributed by atoms with Gasteiger partial charge in [-0.05, 0) is 53.4 Å². The molecular formula is C19H15N3S. The maximum absolute atomic E-state index is 4.68. The third kappa shape index (κ3) is 2.85. The highest BCUT2D eigenvalue weighted by Gasteiger charge is 2.03. The number of thioether (sulfide) groups is 1. The summed E-state index contributed by atoms with van der Waals surface area (Å²) < 4.78 is 0. The third-order valence-corrected chi connectivity index (χ3v) is 4.52. The van der Waals surface area contributed by atoms with E-state index in [4.69, 9.17) is 0 Å². The molecule has 3 nitrogen and oxygen atoms in total. The minimum absolute atomic E-state index is 0.754. The van der Waals surface area contributed by atoms with E-state index in [9.17, 15) is 0 Å². The second kappa shape index (κ2) is 5.89. The quantitative estimate of drug-likeness (QED) is 0.414. The number of hydrogen-bond acceptors (Lipinski definition) is 4. The lowest BCUT2D eigenvalue weighted by Crippen LogP contribution is -1.95. The molecule has 0 aliphatic rings. The van der Waals surface area contributed by atoms with Gasteiger partial charge in [0, 0.05) is 10.6 Å². The van der Waals surface area contributed by atoms with Gasteiger partial charge in [0.05, 0.1) is 17.2 Å². The number of hydrogen-bond donors (Lipinski definition) is 1. The summed E-state index contributed by atoms with van der Waals surface area (Å²) in [5, 5.41) is 5.67. The van der Waals surface area contributed by atoms with Crippen LogP contribution in [-0.2, 0) is 0 Å². The van der Waals surface area contributed by atoms with Crippen LogP contribution in [-0.4, -0.2) is 16.2 Å². The van der Waals surface area contributed by atoms with Gasteiger partial charge in [-0.2, -0.15) is 0 Å². The van der Waals surface area contributed by atoms with Crippen molar-refractivity contribution in [3.63, 3.8) is 0 Å². The molecule has 0 unspecified atom stereocenters. The predicted molar refractivity (Wildman–Crippen MR) is 98.5 cm³/mol. The van der Waals surface area contributed by atoms with E-state index in [-0.39, 0.29) is 0 Å². The zero-order valence-electron chi connectivity index (χ0n) is 12.7. The van der Waals surface area contributed by atoms with Crippen molar-refractivity contribution in [3.05, 3.63) is 66.9 Å². The van der Waals surface area contributed by atoms with Crippen LogP contribution < -0.4 is 5.32 Å². The van der Waals surface area contributed by atoms with Crippen molar-refractivity contribution in [2.24, 2.45) is 0 Å². The van der Waals surface area contributed by atoms with Crippen LogP contribution in [0.5, 0.6) is 0 Å². The molecule has 0 bridgehead atoms. The Morgan fingerprint density at radius 3 is 2.26 bits per heavy atom. The van der Waals surface area contributed by atoms with E-state index in [2.05, 4.69) is 70.1 Å². The summed E-state index contributed by atoms with van der Waals surface area (Å²) in [5.41, 5.74) is 2.82. The van der Waals surface area contributed by atoms with Crippen LogP contribution in [0.2, 0.25) is 0 Å². The average molecular weight is 317 g/mol. The van der Waals surface area contributed by atoms with E-state index < -0.39 is 0 Å². The van der Waals surface area contributed by atoms with Gasteiger partial charge in [0.2, 0.25) is 0 Å². The molecule has 112 valence electrons. The van der Waals surface area contributed by atoms with Crippen molar-refractivity contribution in [2.45, 2.75) is 4.90 Å². The van der Waals surface area contributed by atoms with Crippen molar-refractivity contribution >= 4 is 45.1 Å². The Hall–Kier alpha value is -2.59. The highest BCUT2D eigenvalue weighted by molar-refractivity contribution is 7.98. The Morgan fingerprint density at radius 2 is 1.57 bits per heavy atom. The fraction of sp³-hybridized carbons (Fsp3) is 0.0526. The van der Waals surface area contributed by atoms with Gasteiger partial charge in [-0.15, -0.1) is 11.8 Å². The smallest absolute Gasteiger partial charge is 0.149 e. The molecule has 0 fully saturated rings. The van der Waals surface area contributed by atoms with E-state index >= 15 is 0 Å². The Morgan fingerprint density at radius 1 is 0.870 bits per heavy atom. The number of nitrogens with zero attached hydrogens (tertiary/aromatic N) is 2. The van der Waals surface area contributed by atoms with Gasteiger partial charge in [0.1, 0.15) is 5.82 Å². The molecule has 23 heavy (non-hydrogen) atoms. The van der Waals surface area contributed by atoms with Crippen LogP contribution in [0.15, 0.2) is 71.8 Å². The number of nitrogens with one attached hydrogen (secondary N) is 1. The summed E-state index contributed by atoms with van der Waals surface area (Å²) in [4.78, 5) is 10.5. The molecule has 3 aromatic carbocycles. The second-order valence-electron chi connectivity index (χ2n) is 5.30. The average Bonchev–Trinajstić information content (AvgIpc) is 2.60. The first-order valence-corrected chi connectivity index (χ1v) is 8.61. The van der Waals surface area contributed by atoms with Crippen molar-refractivity contribution in [3.8, 4) is 0 Å². The minimum atomic E-state index is 0.754. The van der Waals surface area contributed by atoms with E-state index in [0.717, 1.165) is 22.5 Å². The number of aromatic nitrogens is 2. The molecule has 0 atom stereocenters. The molecule has 0 spiro atoms. The van der Waals surface area contributed by atoms with Crippen molar-refractivity contribution in [2.75, 3.05) is 11.6 Å². The van der Waals surface area contributed by atoms with Crippen molar-refractivity contribution in [1.29, 1.82) is 0 Å². The SMILES string of the molecule is CSc1ccc(Nc2cnc3cc4ccccc4cc3n2)cc1. The largest absolute Gasteiger partial charge is 0.339 e. The Labute approximate surface area is 138 Å². The first-order valence-electron chi connectivity index (χ1n) is 7.38. The molecule has 1 heterocycles. The lowest BCUT2D eigenvalue weighted by atomic mass is 10.1. The lowest BCUT2D eigenvalue weighted by molar-refractivity contribution is 1.28. The highest BCUT2D eigenvalue weighted by atomic mass is 32.2. The van der Waals surface area contributed by atoms with Crippen LogP contribution >= 0.6 is 11.8 Å². The third-order valence-electron chi connectivity index (χ3n) is 3.77. The zero-order valence-corrected chi connectivity index (χ0v) is 13.5. The summed E-state index contributed by atoms with van der Waals surface area (Å²) in [5.74, 6) is 0.754. The summed E-state index contributed by atoms with van der Waals surface area (Å²) in [7, 11) is 0. The molecule has 0 saturated carbocycles. The Balaban J connectivity index is 1.71. The van der Waals surface area contributed by atoms with Gasteiger partial charge < -0.3 is 5.32 Å². The molecule has 4 rings (SSSR count). The summed E-state index contributed by atoms with van der Waals surface area (Å²) in [6.45, 7) is 0. The van der Waals surface area contributed by atoms with Gasteiger partial charge in [0.25, 0.3) is 0 Å². The molecule has 0 aliphatic carbocycles. The topological polar surface area (TPSA) is 37.8 Å². The van der Waals surface area contributed by atoms with Crippen LogP contribution in [0, 0.1) is 0 Å². The highest BCUT2D eigenvalue weighted by Crippen LogP contribution is 2.23. The molecule has 1 aromatic heterocycles. The van der Waals surface area contributed by atoms with Gasteiger partial charge in [-0.25, -0.2) is 4.98 Å². The molecule has 0 amide bonds. The predicted octanol–water partition coefficient (Wildman–Crippen LogP) is 5.25. The summed E-state index contributed by atoms with van der Waals surface area (Å²) in [6.07, 6.45) is 3.85. The van der Waals surface area contributed by atoms with Crippen LogP contribution in [0.1, 0.15) is 0 Å². The standard InChI is InChI=1S/C19H15N3S/c1-23-16-8-6-15(7-9-16)21-19-12-20-17-10-13-4-2-3-5-14(13)11-18(17)22-19/h2-12H,1H3,(H,21,22). The lowest BCUT2D eigenvalue weighted by Gasteiger charge is -2.07. The molecule has 0 aliphatic heterocycles. The first-order chi connectivity index (χ1) is 11.3. The number of benzene rings is 3. The Kier molecular flexibility index (Phi) is 3.60. The number of anilines is 2. The molecule has 0 radical (unpaired) electrons. The van der Waals surface area contributed by atoms with Gasteiger partial charge in [0.15, 0.2) is 0 Å². The fourth-order valence-electron chi connectivity index (χ4n) is 2.58. The second-order valence-corrected chi connectivity index (χ2v) is 6.18. The van der Waals surface area contributed by atoms with Crippen molar-refractivity contribution in [1.82, 2.24) is 9.97 Å². The maximum atomic E-state index is 4.68. The molecule has 4 heteroatoms. The van der Waals surface area contributed by atoms with Gasteiger partial charge in [-0.3, -0.25) is 4.98 Å². The molecular weight excluding hydrogens is 302 g/mol. The number of rotatable bonds is 3. The maximum Gasteiger partial charge on any atom is 0.149 e. The van der Waals surface area contributed by atoms with Crippen LogP contribution in [0.3, 0.4) is 0 Å². The normalized spacial score (nSPS) is 11.0. The van der Waals surface area contributed by atoms with E-state index in [1.807, 2.05) is 12.1 Å². The minimum Gasteiger partial charge on any atom is -0.339 e. The monoisotopic (exact) mass is 317 g/mol. The van der Waals surface area contributed by atoms with E-state index in [1.165, 1.54) is 15.7 Å². The van der Waals surface area contributed by atoms with E-state index in [0.29, 0.717) is 0 Å². The Bertz CT molecular complexity index is 981. The van der Waals surface area contributed by atoms with Crippen LogP contribution in [0.25, 0.3) is 21.8 Å². The first kappa shape index (κ1) is 14.0. The van der Waals surface area contributed by atoms with E-state index in [1.54, 1.807) is 18.0 Å². The summed E-state index contributed by atoms with van der Waals surface area (Å²) >= 11 is 1.73. The number of fused-ring (bicyclic) bond motifs is 2. The van der Waals surface area contributed by atoms with Crippen molar-refractivity contribution < 1.29 is 0 Å². The zero-order chi connectivity index (χ0) is 15.6. The molecule has 1 N–H and O–H groups in total. The van der Waals surface area contributed by atoms with Gasteiger partial charge >= 0.3 is 0 Å².